The van der Waals surface area contributed by atoms with E-state index in [2.05, 4.69) is 0 Å². The molecule has 0 saturated heterocycles. The molecule has 1 aliphatic rings. The Kier molecular flexibility index (Phi) is 3.50. The van der Waals surface area contributed by atoms with E-state index in [0.29, 0.717) is 12.1 Å². The summed E-state index contributed by atoms with van der Waals surface area (Å²) in [7, 11) is 0. The van der Waals surface area contributed by atoms with Gasteiger partial charge in [0.05, 0.1) is 5.56 Å². The Morgan fingerprint density at radius 1 is 1.39 bits per heavy atom. The first-order chi connectivity index (χ1) is 8.59. The topological polar surface area (TPSA) is 83.6 Å². The highest BCUT2D eigenvalue weighted by molar-refractivity contribution is 5.91. The van der Waals surface area contributed by atoms with Crippen LogP contribution < -0.4 is 10.6 Å². The number of amides is 1. The van der Waals surface area contributed by atoms with Crippen LogP contribution >= 0.6 is 0 Å². The quantitative estimate of drug-likeness (QED) is 0.833. The molecule has 1 aliphatic heterocycles. The summed E-state index contributed by atoms with van der Waals surface area (Å²) in [5.41, 5.74) is 7.29. The van der Waals surface area contributed by atoms with E-state index in [0.717, 1.165) is 30.6 Å². The van der Waals surface area contributed by atoms with Crippen molar-refractivity contribution in [3.05, 3.63) is 29.3 Å². The first-order valence-corrected chi connectivity index (χ1v) is 5.98. The van der Waals surface area contributed by atoms with E-state index in [9.17, 15) is 9.59 Å². The van der Waals surface area contributed by atoms with E-state index < -0.39 is 5.97 Å². The first-order valence-electron chi connectivity index (χ1n) is 5.98. The summed E-state index contributed by atoms with van der Waals surface area (Å²) in [6.45, 7) is 1.38. The molecule has 0 spiro atoms. The van der Waals surface area contributed by atoms with Crippen LogP contribution in [0.15, 0.2) is 18.2 Å². The molecular weight excluding hydrogens is 232 g/mol. The molecule has 0 bridgehead atoms. The van der Waals surface area contributed by atoms with Gasteiger partial charge in [-0.15, -0.1) is 0 Å². The lowest BCUT2D eigenvalue weighted by molar-refractivity contribution is -0.117. The number of primary amides is 1. The van der Waals surface area contributed by atoms with Gasteiger partial charge in [0.1, 0.15) is 0 Å². The molecule has 1 aromatic carbocycles. The number of carbonyl (C=O) groups is 2. The highest BCUT2D eigenvalue weighted by Gasteiger charge is 2.21. The molecule has 0 unspecified atom stereocenters. The van der Waals surface area contributed by atoms with Gasteiger partial charge >= 0.3 is 5.97 Å². The molecule has 2 rings (SSSR count). The van der Waals surface area contributed by atoms with Crippen molar-refractivity contribution in [1.29, 1.82) is 0 Å². The number of hydrogen-bond acceptors (Lipinski definition) is 3. The number of aromatic carboxylic acids is 1. The highest BCUT2D eigenvalue weighted by atomic mass is 16.4. The minimum Gasteiger partial charge on any atom is -0.478 e. The average Bonchev–Trinajstić information content (AvgIpc) is 2.35. The van der Waals surface area contributed by atoms with Crippen LogP contribution in [0, 0.1) is 0 Å². The van der Waals surface area contributed by atoms with E-state index in [-0.39, 0.29) is 12.3 Å². The third-order valence-electron chi connectivity index (χ3n) is 3.21. The smallest absolute Gasteiger partial charge is 0.336 e. The molecule has 18 heavy (non-hydrogen) atoms. The van der Waals surface area contributed by atoms with Crippen molar-refractivity contribution in [2.75, 3.05) is 18.0 Å². The van der Waals surface area contributed by atoms with E-state index in [1.165, 1.54) is 0 Å². The maximum absolute atomic E-state index is 11.2. The molecule has 0 saturated carbocycles. The SMILES string of the molecule is NC(=O)CCN1CCCc2c(C(=O)O)cccc21. The van der Waals surface area contributed by atoms with Crippen molar-refractivity contribution in [1.82, 2.24) is 0 Å². The normalized spacial score (nSPS) is 14.1. The maximum Gasteiger partial charge on any atom is 0.336 e. The van der Waals surface area contributed by atoms with E-state index in [1.54, 1.807) is 12.1 Å². The summed E-state index contributed by atoms with van der Waals surface area (Å²) in [6, 6.07) is 5.27. The van der Waals surface area contributed by atoms with Crippen LogP contribution in [-0.4, -0.2) is 30.1 Å². The highest BCUT2D eigenvalue weighted by Crippen LogP contribution is 2.29. The van der Waals surface area contributed by atoms with Crippen molar-refractivity contribution in [3.63, 3.8) is 0 Å². The van der Waals surface area contributed by atoms with Gasteiger partial charge in [-0.3, -0.25) is 4.79 Å². The van der Waals surface area contributed by atoms with Gasteiger partial charge in [-0.1, -0.05) is 6.07 Å². The lowest BCUT2D eigenvalue weighted by Crippen LogP contribution is -2.33. The molecular formula is C13H16N2O3. The summed E-state index contributed by atoms with van der Waals surface area (Å²) in [5.74, 6) is -1.24. The Morgan fingerprint density at radius 3 is 2.83 bits per heavy atom. The summed E-state index contributed by atoms with van der Waals surface area (Å²) in [6.07, 6.45) is 1.96. The number of benzene rings is 1. The Balaban J connectivity index is 2.29. The third kappa shape index (κ3) is 2.45. The molecule has 1 amide bonds. The van der Waals surface area contributed by atoms with E-state index in [1.807, 2.05) is 11.0 Å². The largest absolute Gasteiger partial charge is 0.478 e. The van der Waals surface area contributed by atoms with Crippen molar-refractivity contribution in [3.8, 4) is 0 Å². The molecule has 0 radical (unpaired) electrons. The van der Waals surface area contributed by atoms with Crippen LogP contribution in [0.3, 0.4) is 0 Å². The third-order valence-corrected chi connectivity index (χ3v) is 3.21. The zero-order valence-electron chi connectivity index (χ0n) is 10.1. The number of rotatable bonds is 4. The Morgan fingerprint density at radius 2 is 2.17 bits per heavy atom. The summed E-state index contributed by atoms with van der Waals surface area (Å²) < 4.78 is 0. The second-order valence-electron chi connectivity index (χ2n) is 4.42. The number of carbonyl (C=O) groups excluding carboxylic acids is 1. The predicted octanol–water partition coefficient (Wildman–Crippen LogP) is 1.01. The molecule has 0 aliphatic carbocycles. The van der Waals surface area contributed by atoms with Gasteiger partial charge in [-0.25, -0.2) is 4.79 Å². The summed E-state index contributed by atoms with van der Waals surface area (Å²) in [5, 5.41) is 9.15. The minimum absolute atomic E-state index is 0.288. The number of fused-ring (bicyclic) bond motifs is 1. The van der Waals surface area contributed by atoms with Crippen molar-refractivity contribution >= 4 is 17.6 Å². The molecule has 5 heteroatoms. The lowest BCUT2D eigenvalue weighted by atomic mass is 9.96. The van der Waals surface area contributed by atoms with E-state index in [4.69, 9.17) is 10.8 Å². The molecule has 3 N–H and O–H groups in total. The van der Waals surface area contributed by atoms with Gasteiger partial charge in [0.15, 0.2) is 0 Å². The van der Waals surface area contributed by atoms with Gasteiger partial charge < -0.3 is 15.7 Å². The molecule has 1 heterocycles. The van der Waals surface area contributed by atoms with Crippen LogP contribution in [0.2, 0.25) is 0 Å². The fraction of sp³-hybridized carbons (Fsp3) is 0.385. The van der Waals surface area contributed by atoms with Crippen molar-refractivity contribution in [2.24, 2.45) is 5.73 Å². The van der Waals surface area contributed by atoms with Crippen LogP contribution in [0.4, 0.5) is 5.69 Å². The second kappa shape index (κ2) is 5.08. The fourth-order valence-electron chi connectivity index (χ4n) is 2.38. The molecule has 0 atom stereocenters. The van der Waals surface area contributed by atoms with Gasteiger partial charge in [0, 0.05) is 25.2 Å². The van der Waals surface area contributed by atoms with E-state index >= 15 is 0 Å². The molecule has 0 aromatic heterocycles. The Hall–Kier alpha value is -2.04. The average molecular weight is 248 g/mol. The number of nitrogens with zero attached hydrogens (tertiary/aromatic N) is 1. The fourth-order valence-corrected chi connectivity index (χ4v) is 2.38. The maximum atomic E-state index is 11.2. The van der Waals surface area contributed by atoms with Gasteiger partial charge in [0.25, 0.3) is 0 Å². The summed E-state index contributed by atoms with van der Waals surface area (Å²) in [4.78, 5) is 24.0. The predicted molar refractivity (Wildman–Crippen MR) is 67.7 cm³/mol. The Bertz CT molecular complexity index is 485. The molecule has 5 nitrogen and oxygen atoms in total. The number of anilines is 1. The van der Waals surface area contributed by atoms with Crippen LogP contribution in [0.25, 0.3) is 0 Å². The molecule has 1 aromatic rings. The monoisotopic (exact) mass is 248 g/mol. The van der Waals surface area contributed by atoms with Crippen molar-refractivity contribution in [2.45, 2.75) is 19.3 Å². The number of nitrogens with two attached hydrogens (primary N) is 1. The summed E-state index contributed by atoms with van der Waals surface area (Å²) >= 11 is 0. The van der Waals surface area contributed by atoms with Gasteiger partial charge in [-0.05, 0) is 30.5 Å². The van der Waals surface area contributed by atoms with Crippen molar-refractivity contribution < 1.29 is 14.7 Å². The van der Waals surface area contributed by atoms with Crippen LogP contribution in [0.5, 0.6) is 0 Å². The lowest BCUT2D eigenvalue weighted by Gasteiger charge is -2.31. The van der Waals surface area contributed by atoms with Crippen LogP contribution in [0.1, 0.15) is 28.8 Å². The number of carboxylic acid groups (broad SMARTS) is 1. The minimum atomic E-state index is -0.899. The molecule has 0 fully saturated rings. The number of hydrogen-bond donors (Lipinski definition) is 2. The zero-order chi connectivity index (χ0) is 13.1. The zero-order valence-corrected chi connectivity index (χ0v) is 10.1. The van der Waals surface area contributed by atoms with Gasteiger partial charge in [-0.2, -0.15) is 0 Å². The number of carboxylic acids is 1. The van der Waals surface area contributed by atoms with Gasteiger partial charge in [0.2, 0.25) is 5.91 Å². The molecule has 96 valence electrons. The first kappa shape index (κ1) is 12.4. The second-order valence-corrected chi connectivity index (χ2v) is 4.42. The van der Waals surface area contributed by atoms with Crippen LogP contribution in [-0.2, 0) is 11.2 Å². The standard InChI is InChI=1S/C13H16N2O3/c14-12(16)6-8-15-7-2-4-9-10(13(17)18)3-1-5-11(9)15/h1,3,5H,2,4,6-8H2,(H2,14,16)(H,17,18). The Labute approximate surface area is 105 Å².